The number of ether oxygens (including phenoxy) is 1. The molecule has 0 aliphatic heterocycles. The van der Waals surface area contributed by atoms with Crippen LogP contribution in [0.2, 0.25) is 5.02 Å². The predicted molar refractivity (Wildman–Crippen MR) is 86.4 cm³/mol. The highest BCUT2D eigenvalue weighted by Gasteiger charge is 2.12. The minimum absolute atomic E-state index is 0.348. The van der Waals surface area contributed by atoms with Gasteiger partial charge < -0.3 is 9.30 Å². The molecule has 0 N–H and O–H groups in total. The molecule has 0 spiro atoms. The Bertz CT molecular complexity index is 766. The molecule has 21 heavy (non-hydrogen) atoms. The Hall–Kier alpha value is -1.71. The largest absolute Gasteiger partial charge is 0.497 e. The van der Waals surface area contributed by atoms with E-state index in [0.29, 0.717) is 17.4 Å². The van der Waals surface area contributed by atoms with Gasteiger partial charge in [0.15, 0.2) is 0 Å². The van der Waals surface area contributed by atoms with Crippen molar-refractivity contribution in [3.63, 3.8) is 0 Å². The van der Waals surface area contributed by atoms with Crippen molar-refractivity contribution in [3.05, 3.63) is 58.9 Å². The third-order valence-corrected chi connectivity index (χ3v) is 3.97. The van der Waals surface area contributed by atoms with Crippen molar-refractivity contribution < 1.29 is 4.74 Å². The zero-order chi connectivity index (χ0) is 14.8. The first kappa shape index (κ1) is 14.2. The van der Waals surface area contributed by atoms with E-state index >= 15 is 0 Å². The SMILES string of the molecule is COc1ccc(Cn2c(CCl)nc3c(Cl)cccc32)cc1. The second-order valence-electron chi connectivity index (χ2n) is 4.70. The topological polar surface area (TPSA) is 27.1 Å². The molecule has 0 aliphatic carbocycles. The molecule has 3 aromatic rings. The number of fused-ring (bicyclic) bond motifs is 1. The third kappa shape index (κ3) is 2.71. The van der Waals surface area contributed by atoms with Crippen molar-refractivity contribution in [2.24, 2.45) is 0 Å². The number of hydrogen-bond donors (Lipinski definition) is 0. The Kier molecular flexibility index (Phi) is 4.04. The Morgan fingerprint density at radius 2 is 1.90 bits per heavy atom. The van der Waals surface area contributed by atoms with Crippen LogP contribution in [0.3, 0.4) is 0 Å². The molecular weight excluding hydrogens is 307 g/mol. The fourth-order valence-electron chi connectivity index (χ4n) is 2.35. The maximum Gasteiger partial charge on any atom is 0.125 e. The van der Waals surface area contributed by atoms with Crippen LogP contribution in [0.5, 0.6) is 5.75 Å². The van der Waals surface area contributed by atoms with Crippen LogP contribution >= 0.6 is 23.2 Å². The van der Waals surface area contributed by atoms with Crippen LogP contribution in [-0.4, -0.2) is 16.7 Å². The average molecular weight is 321 g/mol. The summed E-state index contributed by atoms with van der Waals surface area (Å²) in [6, 6.07) is 13.7. The van der Waals surface area contributed by atoms with Gasteiger partial charge in [0.2, 0.25) is 0 Å². The predicted octanol–water partition coefficient (Wildman–Crippen LogP) is 4.49. The highest BCUT2D eigenvalue weighted by atomic mass is 35.5. The van der Waals surface area contributed by atoms with E-state index in [9.17, 15) is 0 Å². The van der Waals surface area contributed by atoms with Crippen molar-refractivity contribution in [1.29, 1.82) is 0 Å². The molecule has 0 bridgehead atoms. The van der Waals surface area contributed by atoms with Gasteiger partial charge in [-0.3, -0.25) is 0 Å². The number of alkyl halides is 1. The highest BCUT2D eigenvalue weighted by molar-refractivity contribution is 6.35. The molecule has 0 saturated heterocycles. The molecule has 0 unspecified atom stereocenters. The maximum absolute atomic E-state index is 6.21. The van der Waals surface area contributed by atoms with E-state index in [0.717, 1.165) is 28.2 Å². The number of aromatic nitrogens is 2. The summed E-state index contributed by atoms with van der Waals surface area (Å²) in [5.74, 6) is 2.01. The summed E-state index contributed by atoms with van der Waals surface area (Å²) in [5, 5.41) is 0.646. The van der Waals surface area contributed by atoms with Gasteiger partial charge in [-0.05, 0) is 29.8 Å². The van der Waals surface area contributed by atoms with Gasteiger partial charge in [0.05, 0.1) is 23.5 Å². The average Bonchev–Trinajstić information content (AvgIpc) is 2.87. The van der Waals surface area contributed by atoms with Crippen molar-refractivity contribution >= 4 is 34.2 Å². The van der Waals surface area contributed by atoms with E-state index in [2.05, 4.69) is 9.55 Å². The molecule has 108 valence electrons. The molecule has 5 heteroatoms. The lowest BCUT2D eigenvalue weighted by Crippen LogP contribution is -2.03. The lowest BCUT2D eigenvalue weighted by atomic mass is 10.2. The number of hydrogen-bond acceptors (Lipinski definition) is 2. The number of rotatable bonds is 4. The maximum atomic E-state index is 6.21. The molecule has 2 aromatic carbocycles. The van der Waals surface area contributed by atoms with E-state index in [-0.39, 0.29) is 0 Å². The van der Waals surface area contributed by atoms with Crippen LogP contribution in [0.25, 0.3) is 11.0 Å². The minimum atomic E-state index is 0.348. The van der Waals surface area contributed by atoms with Gasteiger partial charge in [-0.1, -0.05) is 29.8 Å². The van der Waals surface area contributed by atoms with Crippen molar-refractivity contribution in [3.8, 4) is 5.75 Å². The van der Waals surface area contributed by atoms with Crippen LogP contribution < -0.4 is 4.74 Å². The zero-order valence-electron chi connectivity index (χ0n) is 11.5. The zero-order valence-corrected chi connectivity index (χ0v) is 13.0. The monoisotopic (exact) mass is 320 g/mol. The summed E-state index contributed by atoms with van der Waals surface area (Å²) in [4.78, 5) is 4.53. The number of imidazole rings is 1. The van der Waals surface area contributed by atoms with Gasteiger partial charge in [0, 0.05) is 6.54 Å². The second-order valence-corrected chi connectivity index (χ2v) is 5.38. The summed E-state index contributed by atoms with van der Waals surface area (Å²) in [6.07, 6.45) is 0. The number of methoxy groups -OCH3 is 1. The highest BCUT2D eigenvalue weighted by Crippen LogP contribution is 2.25. The van der Waals surface area contributed by atoms with E-state index in [4.69, 9.17) is 27.9 Å². The Balaban J connectivity index is 2.04. The van der Waals surface area contributed by atoms with Gasteiger partial charge in [-0.15, -0.1) is 11.6 Å². The summed E-state index contributed by atoms with van der Waals surface area (Å²) >= 11 is 12.2. The first-order valence-corrected chi connectivity index (χ1v) is 7.46. The lowest BCUT2D eigenvalue weighted by Gasteiger charge is -2.09. The molecule has 0 atom stereocenters. The van der Waals surface area contributed by atoms with E-state index in [1.807, 2.05) is 42.5 Å². The smallest absolute Gasteiger partial charge is 0.125 e. The Morgan fingerprint density at radius 3 is 2.57 bits per heavy atom. The molecular formula is C16H14Cl2N2O. The quantitative estimate of drug-likeness (QED) is 0.662. The molecule has 1 heterocycles. The molecule has 0 saturated carbocycles. The summed E-state index contributed by atoms with van der Waals surface area (Å²) in [5.41, 5.74) is 2.94. The summed E-state index contributed by atoms with van der Waals surface area (Å²) < 4.78 is 7.27. The minimum Gasteiger partial charge on any atom is -0.497 e. The van der Waals surface area contributed by atoms with Crippen LogP contribution in [0.1, 0.15) is 11.4 Å². The van der Waals surface area contributed by atoms with Crippen molar-refractivity contribution in [2.45, 2.75) is 12.4 Å². The fraction of sp³-hybridized carbons (Fsp3) is 0.188. The van der Waals surface area contributed by atoms with Gasteiger partial charge in [-0.25, -0.2) is 4.98 Å². The van der Waals surface area contributed by atoms with E-state index in [1.165, 1.54) is 0 Å². The summed E-state index contributed by atoms with van der Waals surface area (Å²) in [7, 11) is 1.66. The van der Waals surface area contributed by atoms with Crippen LogP contribution in [0, 0.1) is 0 Å². The van der Waals surface area contributed by atoms with Crippen molar-refractivity contribution in [1.82, 2.24) is 9.55 Å². The number of halogens is 2. The normalized spacial score (nSPS) is 11.0. The second kappa shape index (κ2) is 5.96. The van der Waals surface area contributed by atoms with Crippen molar-refractivity contribution in [2.75, 3.05) is 7.11 Å². The lowest BCUT2D eigenvalue weighted by molar-refractivity contribution is 0.414. The molecule has 0 fully saturated rings. The van der Waals surface area contributed by atoms with Gasteiger partial charge >= 0.3 is 0 Å². The summed E-state index contributed by atoms with van der Waals surface area (Å²) in [6.45, 7) is 0.697. The first-order valence-electron chi connectivity index (χ1n) is 6.55. The Morgan fingerprint density at radius 1 is 1.14 bits per heavy atom. The number of benzene rings is 2. The van der Waals surface area contributed by atoms with Crippen LogP contribution in [0.4, 0.5) is 0 Å². The van der Waals surface area contributed by atoms with E-state index in [1.54, 1.807) is 7.11 Å². The standard InChI is InChI=1S/C16H14Cl2N2O/c1-21-12-7-5-11(6-8-12)10-20-14-4-2-3-13(18)16(14)19-15(20)9-17/h2-8H,9-10H2,1H3. The third-order valence-electron chi connectivity index (χ3n) is 3.43. The number of para-hydroxylation sites is 1. The molecule has 3 rings (SSSR count). The molecule has 1 aromatic heterocycles. The van der Waals surface area contributed by atoms with Gasteiger partial charge in [0.1, 0.15) is 17.1 Å². The van der Waals surface area contributed by atoms with Crippen LogP contribution in [-0.2, 0) is 12.4 Å². The van der Waals surface area contributed by atoms with E-state index < -0.39 is 0 Å². The molecule has 0 radical (unpaired) electrons. The fourth-order valence-corrected chi connectivity index (χ4v) is 2.77. The van der Waals surface area contributed by atoms with Gasteiger partial charge in [0.25, 0.3) is 0 Å². The van der Waals surface area contributed by atoms with Crippen LogP contribution in [0.15, 0.2) is 42.5 Å². The van der Waals surface area contributed by atoms with Gasteiger partial charge in [-0.2, -0.15) is 0 Å². The molecule has 3 nitrogen and oxygen atoms in total. The Labute approximate surface area is 133 Å². The first-order chi connectivity index (χ1) is 10.2. The number of nitrogens with zero attached hydrogens (tertiary/aromatic N) is 2. The molecule has 0 amide bonds. The molecule has 0 aliphatic rings.